The molecule has 3 rings (SSSR count). The molecule has 0 atom stereocenters. The van der Waals surface area contributed by atoms with E-state index in [-0.39, 0.29) is 5.82 Å². The van der Waals surface area contributed by atoms with Crippen molar-refractivity contribution in [2.75, 3.05) is 0 Å². The summed E-state index contributed by atoms with van der Waals surface area (Å²) in [7, 11) is 0. The molecule has 0 aliphatic carbocycles. The Hall–Kier alpha value is -2.42. The van der Waals surface area contributed by atoms with E-state index in [1.165, 1.54) is 12.1 Å². The van der Waals surface area contributed by atoms with E-state index in [1.54, 1.807) is 23.0 Å². The quantitative estimate of drug-likeness (QED) is 0.666. The molecule has 0 aliphatic rings. The number of hydrogen-bond donors (Lipinski definition) is 0. The fourth-order valence-corrected chi connectivity index (χ4v) is 1.84. The van der Waals surface area contributed by atoms with Crippen molar-refractivity contribution in [3.63, 3.8) is 0 Å². The zero-order valence-corrected chi connectivity index (χ0v) is 9.62. The van der Waals surface area contributed by atoms with E-state index in [1.807, 2.05) is 36.5 Å². The molecule has 0 saturated heterocycles. The van der Waals surface area contributed by atoms with Crippen LogP contribution in [0.2, 0.25) is 0 Å². The lowest BCUT2D eigenvalue weighted by Gasteiger charge is -2.00. The molecule has 88 valence electrons. The minimum absolute atomic E-state index is 0.241. The molecular weight excluding hydrogens is 227 g/mol. The fourth-order valence-electron chi connectivity index (χ4n) is 1.84. The second-order valence-corrected chi connectivity index (χ2v) is 4.02. The summed E-state index contributed by atoms with van der Waals surface area (Å²) in [5.41, 5.74) is 3.00. The first-order valence-electron chi connectivity index (χ1n) is 5.69. The Morgan fingerprint density at radius 1 is 0.833 bits per heavy atom. The second kappa shape index (κ2) is 4.45. The second-order valence-electron chi connectivity index (χ2n) is 4.02. The van der Waals surface area contributed by atoms with Gasteiger partial charge in [0, 0.05) is 11.8 Å². The Balaban J connectivity index is 1.97. The third-order valence-electron chi connectivity index (χ3n) is 2.78. The average Bonchev–Trinajstić information content (AvgIpc) is 2.90. The van der Waals surface area contributed by atoms with Gasteiger partial charge in [0.25, 0.3) is 0 Å². The molecule has 1 aromatic heterocycles. The lowest BCUT2D eigenvalue weighted by atomic mass is 10.1. The highest BCUT2D eigenvalue weighted by Gasteiger charge is 2.02. The highest BCUT2D eigenvalue weighted by atomic mass is 19.1. The van der Waals surface area contributed by atoms with Crippen molar-refractivity contribution in [1.82, 2.24) is 9.78 Å². The van der Waals surface area contributed by atoms with Gasteiger partial charge in [-0.05, 0) is 29.8 Å². The number of nitrogens with zero attached hydrogens (tertiary/aromatic N) is 2. The minimum atomic E-state index is -0.241. The summed E-state index contributed by atoms with van der Waals surface area (Å²) in [4.78, 5) is 0. The maximum Gasteiger partial charge on any atom is 0.123 e. The first-order valence-corrected chi connectivity index (χ1v) is 5.69. The first kappa shape index (κ1) is 10.7. The molecule has 2 nitrogen and oxygen atoms in total. The molecule has 3 aromatic rings. The molecule has 18 heavy (non-hydrogen) atoms. The predicted molar refractivity (Wildman–Crippen MR) is 69.0 cm³/mol. The smallest absolute Gasteiger partial charge is 0.123 e. The van der Waals surface area contributed by atoms with Gasteiger partial charge in [0.05, 0.1) is 11.9 Å². The zero-order chi connectivity index (χ0) is 12.4. The normalized spacial score (nSPS) is 10.5. The minimum Gasteiger partial charge on any atom is -0.240 e. The van der Waals surface area contributed by atoms with Gasteiger partial charge in [-0.15, -0.1) is 0 Å². The van der Waals surface area contributed by atoms with Crippen LogP contribution in [0.3, 0.4) is 0 Å². The van der Waals surface area contributed by atoms with E-state index < -0.39 is 0 Å². The summed E-state index contributed by atoms with van der Waals surface area (Å²) < 4.78 is 14.6. The topological polar surface area (TPSA) is 17.8 Å². The largest absolute Gasteiger partial charge is 0.240 e. The summed E-state index contributed by atoms with van der Waals surface area (Å²) in [6.45, 7) is 0. The van der Waals surface area contributed by atoms with Gasteiger partial charge in [0.15, 0.2) is 0 Å². The van der Waals surface area contributed by atoms with Crippen molar-refractivity contribution in [1.29, 1.82) is 0 Å². The molecule has 0 spiro atoms. The molecule has 0 amide bonds. The van der Waals surface area contributed by atoms with Gasteiger partial charge >= 0.3 is 0 Å². The Labute approximate surface area is 104 Å². The first-order chi connectivity index (χ1) is 8.83. The maximum absolute atomic E-state index is 12.8. The number of benzene rings is 2. The summed E-state index contributed by atoms with van der Waals surface area (Å²) in [5, 5.41) is 4.29. The van der Waals surface area contributed by atoms with Crippen LogP contribution in [0, 0.1) is 5.82 Å². The van der Waals surface area contributed by atoms with Crippen LogP contribution in [0.1, 0.15) is 0 Å². The van der Waals surface area contributed by atoms with E-state index in [4.69, 9.17) is 0 Å². The lowest BCUT2D eigenvalue weighted by Crippen LogP contribution is -1.93. The van der Waals surface area contributed by atoms with E-state index in [0.29, 0.717) is 0 Å². The van der Waals surface area contributed by atoms with E-state index in [2.05, 4.69) is 5.10 Å². The van der Waals surface area contributed by atoms with Crippen LogP contribution < -0.4 is 0 Å². The van der Waals surface area contributed by atoms with Crippen molar-refractivity contribution in [3.8, 4) is 16.8 Å². The lowest BCUT2D eigenvalue weighted by molar-refractivity contribution is 0.627. The van der Waals surface area contributed by atoms with Crippen molar-refractivity contribution in [2.24, 2.45) is 0 Å². The number of aromatic nitrogens is 2. The van der Waals surface area contributed by atoms with Crippen LogP contribution in [0.4, 0.5) is 4.39 Å². The standard InChI is InChI=1S/C15H11FN2/c16-14-6-8-15(9-7-14)18-11-13(10-17-18)12-4-2-1-3-5-12/h1-11H. The summed E-state index contributed by atoms with van der Waals surface area (Å²) >= 11 is 0. The molecule has 1 heterocycles. The van der Waals surface area contributed by atoms with E-state index >= 15 is 0 Å². The van der Waals surface area contributed by atoms with Gasteiger partial charge < -0.3 is 0 Å². The van der Waals surface area contributed by atoms with Crippen molar-refractivity contribution in [2.45, 2.75) is 0 Å². The van der Waals surface area contributed by atoms with Gasteiger partial charge in [0.1, 0.15) is 5.82 Å². The van der Waals surface area contributed by atoms with Crippen LogP contribution in [0.25, 0.3) is 16.8 Å². The molecule has 0 radical (unpaired) electrons. The number of halogens is 1. The SMILES string of the molecule is Fc1ccc(-n2cc(-c3ccccc3)cn2)cc1. The van der Waals surface area contributed by atoms with Crippen LogP contribution in [-0.4, -0.2) is 9.78 Å². The molecule has 0 fully saturated rings. The molecule has 0 bridgehead atoms. The highest BCUT2D eigenvalue weighted by molar-refractivity contribution is 5.61. The van der Waals surface area contributed by atoms with E-state index in [0.717, 1.165) is 16.8 Å². The Morgan fingerprint density at radius 2 is 1.56 bits per heavy atom. The highest BCUT2D eigenvalue weighted by Crippen LogP contribution is 2.19. The van der Waals surface area contributed by atoms with Gasteiger partial charge in [-0.1, -0.05) is 30.3 Å². The van der Waals surface area contributed by atoms with Crippen LogP contribution in [0.15, 0.2) is 67.0 Å². The third kappa shape index (κ3) is 2.02. The number of hydrogen-bond acceptors (Lipinski definition) is 1. The maximum atomic E-state index is 12.8. The molecule has 3 heteroatoms. The van der Waals surface area contributed by atoms with Crippen molar-refractivity contribution >= 4 is 0 Å². The predicted octanol–water partition coefficient (Wildman–Crippen LogP) is 3.68. The zero-order valence-electron chi connectivity index (χ0n) is 9.62. The summed E-state index contributed by atoms with van der Waals surface area (Å²) in [6.07, 6.45) is 3.74. The van der Waals surface area contributed by atoms with Crippen LogP contribution >= 0.6 is 0 Å². The molecule has 0 unspecified atom stereocenters. The van der Waals surface area contributed by atoms with Crippen LogP contribution in [-0.2, 0) is 0 Å². The Kier molecular flexibility index (Phi) is 2.65. The number of rotatable bonds is 2. The summed E-state index contributed by atoms with van der Waals surface area (Å²) in [6, 6.07) is 16.3. The molecular formula is C15H11FN2. The monoisotopic (exact) mass is 238 g/mol. The van der Waals surface area contributed by atoms with Gasteiger partial charge in [-0.25, -0.2) is 9.07 Å². The Bertz CT molecular complexity index is 642. The third-order valence-corrected chi connectivity index (χ3v) is 2.78. The average molecular weight is 238 g/mol. The molecule has 0 aliphatic heterocycles. The fraction of sp³-hybridized carbons (Fsp3) is 0. The van der Waals surface area contributed by atoms with E-state index in [9.17, 15) is 4.39 Å². The van der Waals surface area contributed by atoms with Crippen molar-refractivity contribution in [3.05, 3.63) is 72.8 Å². The molecule has 0 N–H and O–H groups in total. The van der Waals surface area contributed by atoms with Gasteiger partial charge in [-0.3, -0.25) is 0 Å². The van der Waals surface area contributed by atoms with Crippen LogP contribution in [0.5, 0.6) is 0 Å². The summed E-state index contributed by atoms with van der Waals surface area (Å²) in [5.74, 6) is -0.241. The Morgan fingerprint density at radius 3 is 2.28 bits per heavy atom. The molecule has 0 saturated carbocycles. The molecule has 2 aromatic carbocycles. The van der Waals surface area contributed by atoms with Gasteiger partial charge in [-0.2, -0.15) is 5.10 Å². The van der Waals surface area contributed by atoms with Crippen molar-refractivity contribution < 1.29 is 4.39 Å². The van der Waals surface area contributed by atoms with Gasteiger partial charge in [0.2, 0.25) is 0 Å².